The molecule has 0 atom stereocenters. The summed E-state index contributed by atoms with van der Waals surface area (Å²) in [6.07, 6.45) is 0.214. The SMILES string of the molecule is CCOC(=O)c1ccc(NC(=O)CSc2nnc(CNC(=O)Cc3ccc(OC)cc3)n2-c2ccccc2)cc1. The van der Waals surface area contributed by atoms with Crippen molar-refractivity contribution >= 4 is 35.2 Å². The molecule has 0 spiro atoms. The third-order valence-electron chi connectivity index (χ3n) is 5.69. The van der Waals surface area contributed by atoms with Gasteiger partial charge in [-0.15, -0.1) is 10.2 Å². The molecule has 0 aliphatic carbocycles. The Morgan fingerprint density at radius 1 is 0.900 bits per heavy atom. The Bertz CT molecular complexity index is 1440. The maximum absolute atomic E-state index is 12.6. The maximum atomic E-state index is 12.6. The van der Waals surface area contributed by atoms with Gasteiger partial charge in [0.25, 0.3) is 0 Å². The van der Waals surface area contributed by atoms with Crippen LogP contribution >= 0.6 is 11.8 Å². The van der Waals surface area contributed by atoms with Crippen LogP contribution in [0.25, 0.3) is 5.69 Å². The summed E-state index contributed by atoms with van der Waals surface area (Å²) in [5.41, 5.74) is 2.64. The molecule has 206 valence electrons. The van der Waals surface area contributed by atoms with Crippen LogP contribution in [-0.4, -0.2) is 52.0 Å². The predicted molar refractivity (Wildman–Crippen MR) is 152 cm³/mol. The first-order valence-corrected chi connectivity index (χ1v) is 13.5. The number of ether oxygens (including phenoxy) is 2. The summed E-state index contributed by atoms with van der Waals surface area (Å²) >= 11 is 1.22. The molecule has 2 amide bonds. The number of carbonyl (C=O) groups is 3. The van der Waals surface area contributed by atoms with Gasteiger partial charge in [-0.25, -0.2) is 4.79 Å². The van der Waals surface area contributed by atoms with Crippen molar-refractivity contribution in [2.45, 2.75) is 25.0 Å². The molecule has 0 fully saturated rings. The number of thioether (sulfide) groups is 1. The van der Waals surface area contributed by atoms with Gasteiger partial charge >= 0.3 is 5.97 Å². The minimum Gasteiger partial charge on any atom is -0.497 e. The Balaban J connectivity index is 1.38. The smallest absolute Gasteiger partial charge is 0.338 e. The van der Waals surface area contributed by atoms with Gasteiger partial charge in [0.05, 0.1) is 38.0 Å². The number of hydrogen-bond acceptors (Lipinski definition) is 8. The highest BCUT2D eigenvalue weighted by atomic mass is 32.2. The van der Waals surface area contributed by atoms with E-state index in [2.05, 4.69) is 20.8 Å². The van der Waals surface area contributed by atoms with Crippen LogP contribution in [0.1, 0.15) is 28.7 Å². The number of benzene rings is 3. The second kappa shape index (κ2) is 13.9. The normalized spacial score (nSPS) is 10.6. The highest BCUT2D eigenvalue weighted by Crippen LogP contribution is 2.23. The number of amides is 2. The van der Waals surface area contributed by atoms with Gasteiger partial charge in [-0.2, -0.15) is 0 Å². The zero-order chi connectivity index (χ0) is 28.3. The van der Waals surface area contributed by atoms with E-state index in [0.717, 1.165) is 17.0 Å². The van der Waals surface area contributed by atoms with Crippen molar-refractivity contribution in [2.75, 3.05) is 24.8 Å². The van der Waals surface area contributed by atoms with Crippen molar-refractivity contribution < 1.29 is 23.9 Å². The molecule has 10 nitrogen and oxygen atoms in total. The molecule has 1 heterocycles. The molecule has 0 aliphatic heterocycles. The summed E-state index contributed by atoms with van der Waals surface area (Å²) < 4.78 is 12.0. The first-order chi connectivity index (χ1) is 19.5. The third kappa shape index (κ3) is 7.70. The van der Waals surface area contributed by atoms with Gasteiger partial charge in [-0.3, -0.25) is 14.2 Å². The van der Waals surface area contributed by atoms with Crippen LogP contribution < -0.4 is 15.4 Å². The Morgan fingerprint density at radius 3 is 2.30 bits per heavy atom. The lowest BCUT2D eigenvalue weighted by Gasteiger charge is -2.11. The minimum absolute atomic E-state index is 0.0778. The summed E-state index contributed by atoms with van der Waals surface area (Å²) in [6, 6.07) is 23.3. The van der Waals surface area contributed by atoms with E-state index in [4.69, 9.17) is 9.47 Å². The molecule has 0 aliphatic rings. The summed E-state index contributed by atoms with van der Waals surface area (Å²) in [6.45, 7) is 2.20. The lowest BCUT2D eigenvalue weighted by Crippen LogP contribution is -2.26. The van der Waals surface area contributed by atoms with Crippen molar-refractivity contribution in [3.8, 4) is 11.4 Å². The molecule has 4 aromatic rings. The van der Waals surface area contributed by atoms with Crippen molar-refractivity contribution in [2.24, 2.45) is 0 Å². The fraction of sp³-hybridized carbons (Fsp3) is 0.207. The molecule has 2 N–H and O–H groups in total. The van der Waals surface area contributed by atoms with Gasteiger partial charge in [-0.1, -0.05) is 42.1 Å². The topological polar surface area (TPSA) is 124 Å². The van der Waals surface area contributed by atoms with Crippen molar-refractivity contribution in [3.63, 3.8) is 0 Å². The number of anilines is 1. The van der Waals surface area contributed by atoms with Crippen molar-refractivity contribution in [1.29, 1.82) is 0 Å². The Hall–Kier alpha value is -4.64. The molecular formula is C29H29N5O5S. The number of esters is 1. The Labute approximate surface area is 236 Å². The zero-order valence-corrected chi connectivity index (χ0v) is 22.9. The predicted octanol–water partition coefficient (Wildman–Crippen LogP) is 4.04. The van der Waals surface area contributed by atoms with E-state index in [1.165, 1.54) is 11.8 Å². The van der Waals surface area contributed by atoms with Gasteiger partial charge in [-0.05, 0) is 61.0 Å². The third-order valence-corrected chi connectivity index (χ3v) is 6.62. The summed E-state index contributed by atoms with van der Waals surface area (Å²) in [4.78, 5) is 37.1. The monoisotopic (exact) mass is 559 g/mol. The first-order valence-electron chi connectivity index (χ1n) is 12.6. The number of para-hydroxylation sites is 1. The molecule has 40 heavy (non-hydrogen) atoms. The molecule has 11 heteroatoms. The number of methoxy groups -OCH3 is 1. The van der Waals surface area contributed by atoms with Crippen LogP contribution in [0.2, 0.25) is 0 Å². The molecule has 1 aromatic heterocycles. The van der Waals surface area contributed by atoms with E-state index in [9.17, 15) is 14.4 Å². The van der Waals surface area contributed by atoms with Gasteiger partial charge in [0.1, 0.15) is 5.75 Å². The minimum atomic E-state index is -0.413. The molecule has 0 bridgehead atoms. The number of nitrogens with zero attached hydrogens (tertiary/aromatic N) is 3. The van der Waals surface area contributed by atoms with Crippen LogP contribution in [0.5, 0.6) is 5.75 Å². The highest BCUT2D eigenvalue weighted by molar-refractivity contribution is 7.99. The standard InChI is InChI=1S/C29H29N5O5S/c1-3-39-28(37)21-11-13-22(14-12-21)31-27(36)19-40-29-33-32-25(34(29)23-7-5-4-6-8-23)18-30-26(35)17-20-9-15-24(38-2)16-10-20/h4-16H,3,17-19H2,1-2H3,(H,30,35)(H,31,36). The van der Waals surface area contributed by atoms with E-state index in [-0.39, 0.29) is 30.5 Å². The summed E-state index contributed by atoms with van der Waals surface area (Å²) in [5, 5.41) is 14.8. The molecule has 0 radical (unpaired) electrons. The lowest BCUT2D eigenvalue weighted by molar-refractivity contribution is -0.120. The molecule has 3 aromatic carbocycles. The molecule has 0 saturated carbocycles. The summed E-state index contributed by atoms with van der Waals surface area (Å²) in [5.74, 6) is 0.525. The van der Waals surface area contributed by atoms with E-state index >= 15 is 0 Å². The van der Waals surface area contributed by atoms with Crippen LogP contribution in [0, 0.1) is 0 Å². The maximum Gasteiger partial charge on any atom is 0.338 e. The van der Waals surface area contributed by atoms with Gasteiger partial charge in [0, 0.05) is 11.4 Å². The van der Waals surface area contributed by atoms with Gasteiger partial charge in [0.15, 0.2) is 11.0 Å². The fourth-order valence-corrected chi connectivity index (χ4v) is 4.52. The Morgan fingerprint density at radius 2 is 1.62 bits per heavy atom. The van der Waals surface area contributed by atoms with E-state index in [1.54, 1.807) is 38.3 Å². The second-order valence-corrected chi connectivity index (χ2v) is 9.45. The number of rotatable bonds is 12. The summed E-state index contributed by atoms with van der Waals surface area (Å²) in [7, 11) is 1.59. The van der Waals surface area contributed by atoms with Crippen LogP contribution in [0.3, 0.4) is 0 Å². The van der Waals surface area contributed by atoms with Crippen molar-refractivity contribution in [3.05, 3.63) is 95.8 Å². The number of carbonyl (C=O) groups excluding carboxylic acids is 3. The van der Waals surface area contributed by atoms with E-state index < -0.39 is 5.97 Å². The molecule has 0 unspecified atom stereocenters. The molecule has 0 saturated heterocycles. The van der Waals surface area contributed by atoms with Crippen LogP contribution in [-0.2, 0) is 27.3 Å². The highest BCUT2D eigenvalue weighted by Gasteiger charge is 2.17. The quantitative estimate of drug-likeness (QED) is 0.197. The van der Waals surface area contributed by atoms with E-state index in [1.807, 2.05) is 59.2 Å². The van der Waals surface area contributed by atoms with E-state index in [0.29, 0.717) is 28.8 Å². The number of hydrogen-bond donors (Lipinski definition) is 2. The largest absolute Gasteiger partial charge is 0.497 e. The van der Waals surface area contributed by atoms with Crippen molar-refractivity contribution in [1.82, 2.24) is 20.1 Å². The first kappa shape index (κ1) is 28.4. The van der Waals surface area contributed by atoms with Gasteiger partial charge < -0.3 is 20.1 Å². The number of nitrogens with one attached hydrogen (secondary N) is 2. The molecule has 4 rings (SSSR count). The fourth-order valence-electron chi connectivity index (χ4n) is 3.74. The zero-order valence-electron chi connectivity index (χ0n) is 22.1. The average Bonchev–Trinajstić information content (AvgIpc) is 3.39. The number of aromatic nitrogens is 3. The lowest BCUT2D eigenvalue weighted by atomic mass is 10.1. The molecular weight excluding hydrogens is 530 g/mol. The second-order valence-electron chi connectivity index (χ2n) is 8.51. The Kier molecular flexibility index (Phi) is 9.89. The van der Waals surface area contributed by atoms with Crippen LogP contribution in [0.4, 0.5) is 5.69 Å². The van der Waals surface area contributed by atoms with Crippen LogP contribution in [0.15, 0.2) is 84.0 Å². The van der Waals surface area contributed by atoms with Gasteiger partial charge in [0.2, 0.25) is 11.8 Å². The average molecular weight is 560 g/mol.